The first-order valence-corrected chi connectivity index (χ1v) is 9.39. The monoisotopic (exact) mass is 350 g/mol. The van der Waals surface area contributed by atoms with Gasteiger partial charge >= 0.3 is 0 Å². The van der Waals surface area contributed by atoms with Gasteiger partial charge in [-0.3, -0.25) is 15.1 Å². The Morgan fingerprint density at radius 2 is 1.58 bits per heavy atom. The van der Waals surface area contributed by atoms with E-state index in [1.807, 2.05) is 29.2 Å². The van der Waals surface area contributed by atoms with Gasteiger partial charge in [-0.25, -0.2) is 5.43 Å². The van der Waals surface area contributed by atoms with E-state index in [9.17, 15) is 4.79 Å². The van der Waals surface area contributed by atoms with Crippen molar-refractivity contribution in [3.05, 3.63) is 71.8 Å². The summed E-state index contributed by atoms with van der Waals surface area (Å²) in [6.07, 6.45) is 0. The maximum absolute atomic E-state index is 13.1. The average molecular weight is 350 g/mol. The number of piperazine rings is 1. The molecule has 2 aromatic carbocycles. The minimum absolute atomic E-state index is 0.0435. The summed E-state index contributed by atoms with van der Waals surface area (Å²) in [6.45, 7) is 5.13. The van der Waals surface area contributed by atoms with Crippen LogP contribution in [-0.2, 0) is 11.3 Å². The highest BCUT2D eigenvalue weighted by molar-refractivity contribution is 5.80. The molecule has 2 aromatic rings. The largest absolute Gasteiger partial charge is 0.340 e. The van der Waals surface area contributed by atoms with Gasteiger partial charge in [0, 0.05) is 39.3 Å². The quantitative estimate of drug-likeness (QED) is 0.883. The van der Waals surface area contributed by atoms with Crippen LogP contribution in [0.2, 0.25) is 0 Å². The Labute approximate surface area is 155 Å². The number of hydrazine groups is 1. The molecule has 2 unspecified atom stereocenters. The zero-order valence-corrected chi connectivity index (χ0v) is 15.0. The van der Waals surface area contributed by atoms with Crippen molar-refractivity contribution in [2.75, 3.05) is 32.7 Å². The van der Waals surface area contributed by atoms with E-state index < -0.39 is 0 Å². The highest BCUT2D eigenvalue weighted by Crippen LogP contribution is 2.26. The van der Waals surface area contributed by atoms with Crippen LogP contribution < -0.4 is 10.9 Å². The molecule has 2 saturated heterocycles. The van der Waals surface area contributed by atoms with Crippen molar-refractivity contribution < 1.29 is 4.79 Å². The second kappa shape index (κ2) is 7.99. The van der Waals surface area contributed by atoms with E-state index in [0.29, 0.717) is 6.54 Å². The number of hydrogen-bond donors (Lipinski definition) is 2. The molecule has 5 nitrogen and oxygen atoms in total. The summed E-state index contributed by atoms with van der Waals surface area (Å²) >= 11 is 0. The number of benzene rings is 2. The number of carbonyl (C=O) groups excluding carboxylic acids is 1. The van der Waals surface area contributed by atoms with Gasteiger partial charge in [-0.1, -0.05) is 60.7 Å². The smallest absolute Gasteiger partial charge is 0.229 e. The Morgan fingerprint density at radius 3 is 2.27 bits per heavy atom. The minimum Gasteiger partial charge on any atom is -0.340 e. The van der Waals surface area contributed by atoms with Crippen LogP contribution in [0, 0.1) is 5.92 Å². The lowest BCUT2D eigenvalue weighted by Gasteiger charge is -2.36. The fourth-order valence-electron chi connectivity index (χ4n) is 3.91. The van der Waals surface area contributed by atoms with Crippen molar-refractivity contribution in [2.24, 2.45) is 5.92 Å². The van der Waals surface area contributed by atoms with E-state index in [-0.39, 0.29) is 17.9 Å². The van der Waals surface area contributed by atoms with Gasteiger partial charge in [0.2, 0.25) is 5.91 Å². The van der Waals surface area contributed by atoms with Crippen LogP contribution in [0.4, 0.5) is 0 Å². The minimum atomic E-state index is -0.0435. The normalized spacial score (nSPS) is 23.9. The SMILES string of the molecule is O=C(C1CNNC1c1ccccc1)N1CCN(Cc2ccccc2)CC1. The maximum atomic E-state index is 13.1. The van der Waals surface area contributed by atoms with Crippen LogP contribution in [0.5, 0.6) is 0 Å². The summed E-state index contributed by atoms with van der Waals surface area (Å²) in [7, 11) is 0. The number of hydrogen-bond acceptors (Lipinski definition) is 4. The third-order valence-corrected chi connectivity index (χ3v) is 5.39. The standard InChI is InChI=1S/C21H26N4O/c26-21(19-15-22-23-20(19)18-9-5-2-6-10-18)25-13-11-24(12-14-25)16-17-7-3-1-4-8-17/h1-10,19-20,22-23H,11-16H2. The summed E-state index contributed by atoms with van der Waals surface area (Å²) in [5.41, 5.74) is 8.95. The average Bonchev–Trinajstić information content (AvgIpc) is 3.19. The van der Waals surface area contributed by atoms with Crippen LogP contribution in [0.15, 0.2) is 60.7 Å². The van der Waals surface area contributed by atoms with Gasteiger partial charge in [-0.2, -0.15) is 0 Å². The third-order valence-electron chi connectivity index (χ3n) is 5.39. The first-order valence-electron chi connectivity index (χ1n) is 9.39. The molecule has 136 valence electrons. The lowest BCUT2D eigenvalue weighted by atomic mass is 9.93. The zero-order valence-electron chi connectivity index (χ0n) is 15.0. The third kappa shape index (κ3) is 3.80. The van der Waals surface area contributed by atoms with E-state index in [1.165, 1.54) is 11.1 Å². The lowest BCUT2D eigenvalue weighted by molar-refractivity contribution is -0.137. The van der Waals surface area contributed by atoms with Gasteiger partial charge in [0.1, 0.15) is 0 Å². The zero-order chi connectivity index (χ0) is 17.8. The molecule has 0 radical (unpaired) electrons. The molecule has 5 heteroatoms. The van der Waals surface area contributed by atoms with Crippen LogP contribution >= 0.6 is 0 Å². The molecule has 2 heterocycles. The summed E-state index contributed by atoms with van der Waals surface area (Å²) in [4.78, 5) is 17.5. The Hall–Kier alpha value is -2.21. The van der Waals surface area contributed by atoms with Gasteiger partial charge in [-0.15, -0.1) is 0 Å². The summed E-state index contributed by atoms with van der Waals surface area (Å²) in [5.74, 6) is 0.216. The first-order chi connectivity index (χ1) is 12.8. The van der Waals surface area contributed by atoms with E-state index in [4.69, 9.17) is 0 Å². The van der Waals surface area contributed by atoms with Crippen molar-refractivity contribution >= 4 is 5.91 Å². The van der Waals surface area contributed by atoms with Crippen LogP contribution in [0.3, 0.4) is 0 Å². The highest BCUT2D eigenvalue weighted by atomic mass is 16.2. The van der Waals surface area contributed by atoms with Crippen molar-refractivity contribution in [1.82, 2.24) is 20.7 Å². The van der Waals surface area contributed by atoms with Crippen molar-refractivity contribution in [3.8, 4) is 0 Å². The molecule has 0 bridgehead atoms. The fourth-order valence-corrected chi connectivity index (χ4v) is 3.91. The molecule has 4 rings (SSSR count). The van der Waals surface area contributed by atoms with Crippen molar-refractivity contribution in [3.63, 3.8) is 0 Å². The van der Waals surface area contributed by atoms with Gasteiger partial charge in [0.25, 0.3) is 0 Å². The number of nitrogens with zero attached hydrogens (tertiary/aromatic N) is 2. The van der Waals surface area contributed by atoms with Gasteiger partial charge in [0.15, 0.2) is 0 Å². The molecule has 26 heavy (non-hydrogen) atoms. The molecule has 1 amide bonds. The predicted octanol–water partition coefficient (Wildman–Crippen LogP) is 1.80. The van der Waals surface area contributed by atoms with Crippen LogP contribution in [0.25, 0.3) is 0 Å². The maximum Gasteiger partial charge on any atom is 0.229 e. The number of nitrogens with one attached hydrogen (secondary N) is 2. The Morgan fingerprint density at radius 1 is 0.923 bits per heavy atom. The topological polar surface area (TPSA) is 47.6 Å². The highest BCUT2D eigenvalue weighted by Gasteiger charge is 2.37. The van der Waals surface area contributed by atoms with Gasteiger partial charge < -0.3 is 4.90 Å². The molecule has 0 spiro atoms. The molecule has 2 N–H and O–H groups in total. The van der Waals surface area contributed by atoms with Gasteiger partial charge in [-0.05, 0) is 11.1 Å². The summed E-state index contributed by atoms with van der Waals surface area (Å²) < 4.78 is 0. The molecule has 2 atom stereocenters. The Balaban J connectivity index is 1.34. The van der Waals surface area contributed by atoms with Crippen molar-refractivity contribution in [2.45, 2.75) is 12.6 Å². The Bertz CT molecular complexity index is 713. The molecule has 0 saturated carbocycles. The van der Waals surface area contributed by atoms with E-state index >= 15 is 0 Å². The number of rotatable bonds is 4. The van der Waals surface area contributed by atoms with E-state index in [0.717, 1.165) is 32.7 Å². The molecule has 2 aliphatic rings. The van der Waals surface area contributed by atoms with E-state index in [1.54, 1.807) is 0 Å². The van der Waals surface area contributed by atoms with Crippen LogP contribution in [0.1, 0.15) is 17.2 Å². The van der Waals surface area contributed by atoms with E-state index in [2.05, 4.69) is 52.1 Å². The molecular weight excluding hydrogens is 324 g/mol. The summed E-state index contributed by atoms with van der Waals surface area (Å²) in [5, 5.41) is 0. The summed E-state index contributed by atoms with van der Waals surface area (Å²) in [6, 6.07) is 20.8. The van der Waals surface area contributed by atoms with Gasteiger partial charge in [0.05, 0.1) is 12.0 Å². The van der Waals surface area contributed by atoms with Crippen LogP contribution in [-0.4, -0.2) is 48.4 Å². The van der Waals surface area contributed by atoms with Crippen molar-refractivity contribution in [1.29, 1.82) is 0 Å². The predicted molar refractivity (Wildman–Crippen MR) is 102 cm³/mol. The first kappa shape index (κ1) is 17.2. The fraction of sp³-hybridized carbons (Fsp3) is 0.381. The Kier molecular flexibility index (Phi) is 5.29. The molecule has 2 fully saturated rings. The second-order valence-corrected chi connectivity index (χ2v) is 7.11. The molecule has 2 aliphatic heterocycles. The number of amides is 1. The molecule has 0 aliphatic carbocycles. The number of carbonyl (C=O) groups is 1. The molecular formula is C21H26N4O. The molecule has 0 aromatic heterocycles. The second-order valence-electron chi connectivity index (χ2n) is 7.11. The lowest BCUT2D eigenvalue weighted by Crippen LogP contribution is -2.50.